The smallest absolute Gasteiger partial charge is 0.255 e. The van der Waals surface area contributed by atoms with E-state index >= 15 is 0 Å². The van der Waals surface area contributed by atoms with Gasteiger partial charge in [-0.3, -0.25) is 14.9 Å². The second-order valence-corrected chi connectivity index (χ2v) is 7.96. The Labute approximate surface area is 192 Å². The average molecular weight is 449 g/mol. The van der Waals surface area contributed by atoms with Crippen molar-refractivity contribution in [2.45, 2.75) is 32.0 Å². The Bertz CT molecular complexity index is 1150. The number of hydrogen-bond donors (Lipinski definition) is 4. The van der Waals surface area contributed by atoms with E-state index in [0.717, 1.165) is 36.9 Å². The summed E-state index contributed by atoms with van der Waals surface area (Å²) in [5, 5.41) is 10.9. The molecular weight excluding hydrogens is 420 g/mol. The van der Waals surface area contributed by atoms with Crippen LogP contribution in [-0.4, -0.2) is 35.2 Å². The van der Waals surface area contributed by atoms with Crippen LogP contribution in [0, 0.1) is 0 Å². The van der Waals surface area contributed by atoms with Gasteiger partial charge in [-0.05, 0) is 43.5 Å². The number of nitrogens with zero attached hydrogens (tertiary/aromatic N) is 2. The summed E-state index contributed by atoms with van der Waals surface area (Å²) in [6.45, 7) is 1.21. The Morgan fingerprint density at radius 2 is 1.94 bits per heavy atom. The van der Waals surface area contributed by atoms with Crippen LogP contribution in [-0.2, 0) is 6.54 Å². The summed E-state index contributed by atoms with van der Waals surface area (Å²) >= 11 is 0. The van der Waals surface area contributed by atoms with Crippen molar-refractivity contribution in [3.63, 3.8) is 0 Å². The molecule has 3 aromatic rings. The minimum Gasteiger partial charge on any atom is -0.496 e. The van der Waals surface area contributed by atoms with Gasteiger partial charge in [0, 0.05) is 12.1 Å². The molecule has 9 heteroatoms. The van der Waals surface area contributed by atoms with Crippen molar-refractivity contribution in [1.29, 1.82) is 0 Å². The third kappa shape index (κ3) is 4.68. The van der Waals surface area contributed by atoms with E-state index in [-0.39, 0.29) is 23.5 Å². The quantitative estimate of drug-likeness (QED) is 0.438. The Hall–Kier alpha value is -3.85. The fourth-order valence-electron chi connectivity index (χ4n) is 4.06. The van der Waals surface area contributed by atoms with E-state index in [0.29, 0.717) is 23.6 Å². The number of primary amides is 1. The molecule has 0 saturated carbocycles. The molecule has 1 fully saturated rings. The molecule has 33 heavy (non-hydrogen) atoms. The van der Waals surface area contributed by atoms with E-state index in [1.807, 2.05) is 30.3 Å². The van der Waals surface area contributed by atoms with Crippen molar-refractivity contribution in [3.8, 4) is 17.0 Å². The van der Waals surface area contributed by atoms with Crippen LogP contribution in [0.4, 0.5) is 5.82 Å². The highest BCUT2D eigenvalue weighted by atomic mass is 16.5. The van der Waals surface area contributed by atoms with Gasteiger partial charge in [-0.25, -0.2) is 4.68 Å². The number of anilines is 1. The summed E-state index contributed by atoms with van der Waals surface area (Å²) in [5.41, 5.74) is 14.7. The molecule has 0 aliphatic carbocycles. The van der Waals surface area contributed by atoms with E-state index in [1.54, 1.807) is 22.9 Å². The third-order valence-corrected chi connectivity index (χ3v) is 5.81. The number of carbonyl (C=O) groups excluding carboxylic acids is 2. The van der Waals surface area contributed by atoms with Crippen LogP contribution in [0.15, 0.2) is 48.5 Å². The SMILES string of the molecule is COc1ccccc1C(=O)NCc1ccc(-c2nn(C3CCCCN3)c(N)c2C(N)=O)cc1. The van der Waals surface area contributed by atoms with Crippen LogP contribution in [0.3, 0.4) is 0 Å². The number of nitrogens with two attached hydrogens (primary N) is 2. The number of amides is 2. The second-order valence-electron chi connectivity index (χ2n) is 7.96. The summed E-state index contributed by atoms with van der Waals surface area (Å²) in [6.07, 6.45) is 2.99. The van der Waals surface area contributed by atoms with Crippen LogP contribution < -0.4 is 26.8 Å². The standard InChI is InChI=1S/C24H28N6O3/c1-33-18-7-3-2-6-17(18)24(32)28-14-15-9-11-16(12-10-15)21-20(23(26)31)22(25)30(29-21)19-8-4-5-13-27-19/h2-3,6-7,9-12,19,27H,4-5,8,13-14,25H2,1H3,(H2,26,31)(H,28,32). The molecule has 1 aliphatic rings. The molecule has 1 saturated heterocycles. The first-order chi connectivity index (χ1) is 16.0. The highest BCUT2D eigenvalue weighted by Crippen LogP contribution is 2.30. The van der Waals surface area contributed by atoms with E-state index in [4.69, 9.17) is 16.2 Å². The van der Waals surface area contributed by atoms with Gasteiger partial charge < -0.3 is 21.5 Å². The van der Waals surface area contributed by atoms with Gasteiger partial charge in [-0.2, -0.15) is 5.10 Å². The van der Waals surface area contributed by atoms with Crippen LogP contribution in [0.1, 0.15) is 51.7 Å². The molecule has 2 heterocycles. The lowest BCUT2D eigenvalue weighted by atomic mass is 10.0. The number of aromatic nitrogens is 2. The number of methoxy groups -OCH3 is 1. The van der Waals surface area contributed by atoms with Crippen LogP contribution >= 0.6 is 0 Å². The summed E-state index contributed by atoms with van der Waals surface area (Å²) in [6, 6.07) is 14.5. The first kappa shape index (κ1) is 22.3. The minimum absolute atomic E-state index is 0.0601. The van der Waals surface area contributed by atoms with Crippen molar-refractivity contribution in [1.82, 2.24) is 20.4 Å². The maximum Gasteiger partial charge on any atom is 0.255 e. The number of ether oxygens (including phenoxy) is 1. The van der Waals surface area contributed by atoms with Gasteiger partial charge in [0.1, 0.15) is 29.0 Å². The molecule has 1 aliphatic heterocycles. The lowest BCUT2D eigenvalue weighted by molar-refractivity contribution is 0.0946. The fraction of sp³-hybridized carbons (Fsp3) is 0.292. The van der Waals surface area contributed by atoms with Gasteiger partial charge >= 0.3 is 0 Å². The van der Waals surface area contributed by atoms with Crippen molar-refractivity contribution < 1.29 is 14.3 Å². The van der Waals surface area contributed by atoms with E-state index in [9.17, 15) is 9.59 Å². The maximum atomic E-state index is 12.5. The molecule has 0 bridgehead atoms. The van der Waals surface area contributed by atoms with Gasteiger partial charge in [0.05, 0.1) is 12.7 Å². The molecular formula is C24H28N6O3. The number of carbonyl (C=O) groups is 2. The fourth-order valence-corrected chi connectivity index (χ4v) is 4.06. The number of rotatable bonds is 7. The number of piperidine rings is 1. The van der Waals surface area contributed by atoms with Crippen molar-refractivity contribution in [3.05, 3.63) is 65.2 Å². The van der Waals surface area contributed by atoms with Gasteiger partial charge in [0.15, 0.2) is 0 Å². The van der Waals surface area contributed by atoms with Crippen LogP contribution in [0.2, 0.25) is 0 Å². The zero-order valence-corrected chi connectivity index (χ0v) is 18.5. The topological polar surface area (TPSA) is 137 Å². The first-order valence-corrected chi connectivity index (χ1v) is 10.9. The first-order valence-electron chi connectivity index (χ1n) is 10.9. The molecule has 172 valence electrons. The Morgan fingerprint density at radius 1 is 1.18 bits per heavy atom. The number of para-hydroxylation sites is 1. The molecule has 2 aromatic carbocycles. The van der Waals surface area contributed by atoms with Gasteiger partial charge in [0.2, 0.25) is 0 Å². The molecule has 1 atom stereocenters. The zero-order chi connectivity index (χ0) is 23.4. The van der Waals surface area contributed by atoms with Crippen molar-refractivity contribution in [2.24, 2.45) is 5.73 Å². The van der Waals surface area contributed by atoms with Crippen LogP contribution in [0.5, 0.6) is 5.75 Å². The Morgan fingerprint density at radius 3 is 2.61 bits per heavy atom. The summed E-state index contributed by atoms with van der Waals surface area (Å²) in [5.74, 6) is -0.0493. The van der Waals surface area contributed by atoms with Gasteiger partial charge in [-0.15, -0.1) is 0 Å². The monoisotopic (exact) mass is 448 g/mol. The molecule has 6 N–H and O–H groups in total. The van der Waals surface area contributed by atoms with E-state index in [2.05, 4.69) is 15.7 Å². The highest BCUT2D eigenvalue weighted by molar-refractivity contribution is 6.03. The normalized spacial score (nSPS) is 15.7. The predicted molar refractivity (Wildman–Crippen MR) is 126 cm³/mol. The van der Waals surface area contributed by atoms with E-state index < -0.39 is 5.91 Å². The predicted octanol–water partition coefficient (Wildman–Crippen LogP) is 2.44. The third-order valence-electron chi connectivity index (χ3n) is 5.81. The molecule has 1 aromatic heterocycles. The lowest BCUT2D eigenvalue weighted by Gasteiger charge is -2.24. The van der Waals surface area contributed by atoms with Gasteiger partial charge in [-0.1, -0.05) is 36.4 Å². The Balaban J connectivity index is 1.52. The van der Waals surface area contributed by atoms with Crippen LogP contribution in [0.25, 0.3) is 11.3 Å². The van der Waals surface area contributed by atoms with Crippen molar-refractivity contribution >= 4 is 17.6 Å². The molecule has 4 rings (SSSR count). The molecule has 2 amide bonds. The molecule has 9 nitrogen and oxygen atoms in total. The number of hydrogen-bond acceptors (Lipinski definition) is 6. The largest absolute Gasteiger partial charge is 0.496 e. The molecule has 0 spiro atoms. The average Bonchev–Trinajstić information content (AvgIpc) is 3.20. The van der Waals surface area contributed by atoms with Gasteiger partial charge in [0.25, 0.3) is 11.8 Å². The lowest BCUT2D eigenvalue weighted by Crippen LogP contribution is -2.32. The second kappa shape index (κ2) is 9.74. The number of nitrogen functional groups attached to an aromatic ring is 1. The zero-order valence-electron chi connectivity index (χ0n) is 18.5. The maximum absolute atomic E-state index is 12.5. The van der Waals surface area contributed by atoms with E-state index in [1.165, 1.54) is 7.11 Å². The summed E-state index contributed by atoms with van der Waals surface area (Å²) < 4.78 is 6.91. The summed E-state index contributed by atoms with van der Waals surface area (Å²) in [7, 11) is 1.53. The number of benzene rings is 2. The number of nitrogens with one attached hydrogen (secondary N) is 2. The minimum atomic E-state index is -0.613. The van der Waals surface area contributed by atoms with Crippen molar-refractivity contribution in [2.75, 3.05) is 19.4 Å². The summed E-state index contributed by atoms with van der Waals surface area (Å²) in [4.78, 5) is 24.7. The molecule has 1 unspecified atom stereocenters. The molecule has 0 radical (unpaired) electrons. The Kier molecular flexibility index (Phi) is 6.60. The highest BCUT2D eigenvalue weighted by Gasteiger charge is 2.26.